The van der Waals surface area contributed by atoms with Crippen molar-refractivity contribution in [3.8, 4) is 0 Å². The number of hydrogen-bond acceptors (Lipinski definition) is 4. The normalized spacial score (nSPS) is 23.9. The molecule has 17 heavy (non-hydrogen) atoms. The van der Waals surface area contributed by atoms with E-state index in [0.717, 1.165) is 24.5 Å². The lowest BCUT2D eigenvalue weighted by molar-refractivity contribution is -0.147. The molecule has 1 aliphatic heterocycles. The summed E-state index contributed by atoms with van der Waals surface area (Å²) >= 11 is 0. The molecular weight excluding hydrogens is 218 g/mol. The predicted octanol–water partition coefficient (Wildman–Crippen LogP) is 1.71. The lowest BCUT2D eigenvalue weighted by Gasteiger charge is -2.14. The van der Waals surface area contributed by atoms with E-state index < -0.39 is 0 Å². The van der Waals surface area contributed by atoms with Crippen LogP contribution in [0.15, 0.2) is 16.5 Å². The van der Waals surface area contributed by atoms with Crippen molar-refractivity contribution >= 4 is 5.97 Å². The van der Waals surface area contributed by atoms with Gasteiger partial charge in [0.15, 0.2) is 0 Å². The molecule has 0 aliphatic carbocycles. The summed E-state index contributed by atoms with van der Waals surface area (Å²) in [5, 5.41) is 3.23. The summed E-state index contributed by atoms with van der Waals surface area (Å²) in [5.74, 6) is 1.72. The van der Waals surface area contributed by atoms with Gasteiger partial charge in [-0.2, -0.15) is 0 Å². The van der Waals surface area contributed by atoms with Gasteiger partial charge in [0.25, 0.3) is 0 Å². The zero-order chi connectivity index (χ0) is 12.3. The third kappa shape index (κ3) is 2.52. The van der Waals surface area contributed by atoms with E-state index in [1.165, 1.54) is 0 Å². The Kier molecular flexibility index (Phi) is 3.84. The highest BCUT2D eigenvalue weighted by Crippen LogP contribution is 2.30. The molecule has 4 nitrogen and oxygen atoms in total. The van der Waals surface area contributed by atoms with Gasteiger partial charge in [0, 0.05) is 25.4 Å². The summed E-state index contributed by atoms with van der Waals surface area (Å²) in [4.78, 5) is 11.8. The second-order valence-corrected chi connectivity index (χ2v) is 4.28. The number of esters is 1. The number of aryl methyl sites for hydroxylation is 1. The Morgan fingerprint density at radius 3 is 2.94 bits per heavy atom. The second-order valence-electron chi connectivity index (χ2n) is 4.28. The summed E-state index contributed by atoms with van der Waals surface area (Å²) in [5.41, 5.74) is 0. The molecule has 0 amide bonds. The fraction of sp³-hybridized carbons (Fsp3) is 0.615. The highest BCUT2D eigenvalue weighted by atomic mass is 16.5. The van der Waals surface area contributed by atoms with Crippen LogP contribution in [0.2, 0.25) is 0 Å². The Morgan fingerprint density at radius 2 is 2.29 bits per heavy atom. The Hall–Kier alpha value is -1.29. The first-order valence-corrected chi connectivity index (χ1v) is 6.22. The van der Waals surface area contributed by atoms with E-state index in [-0.39, 0.29) is 17.8 Å². The van der Waals surface area contributed by atoms with Gasteiger partial charge in [-0.15, -0.1) is 0 Å². The molecule has 1 aromatic heterocycles. The molecule has 4 heteroatoms. The van der Waals surface area contributed by atoms with E-state index in [1.54, 1.807) is 0 Å². The average Bonchev–Trinajstić information content (AvgIpc) is 2.97. The minimum atomic E-state index is -0.128. The van der Waals surface area contributed by atoms with Gasteiger partial charge in [0.2, 0.25) is 0 Å². The molecular formula is C13H19NO3. The van der Waals surface area contributed by atoms with Crippen LogP contribution in [0.25, 0.3) is 0 Å². The Labute approximate surface area is 101 Å². The molecule has 1 aromatic rings. The maximum absolute atomic E-state index is 11.8. The van der Waals surface area contributed by atoms with E-state index in [9.17, 15) is 4.79 Å². The lowest BCUT2D eigenvalue weighted by Crippen LogP contribution is -2.23. The number of rotatable bonds is 4. The van der Waals surface area contributed by atoms with Crippen molar-refractivity contribution in [2.24, 2.45) is 5.92 Å². The van der Waals surface area contributed by atoms with Crippen LogP contribution in [0.4, 0.5) is 0 Å². The molecule has 0 saturated carbocycles. The van der Waals surface area contributed by atoms with E-state index in [4.69, 9.17) is 9.15 Å². The maximum Gasteiger partial charge on any atom is 0.311 e. The number of furan rings is 1. The topological polar surface area (TPSA) is 51.5 Å². The van der Waals surface area contributed by atoms with Crippen molar-refractivity contribution in [1.29, 1.82) is 0 Å². The van der Waals surface area contributed by atoms with Crippen molar-refractivity contribution in [3.63, 3.8) is 0 Å². The first-order valence-electron chi connectivity index (χ1n) is 6.22. The Bertz CT molecular complexity index is 386. The number of ether oxygens (including phenoxy) is 1. The maximum atomic E-state index is 11.8. The number of carbonyl (C=O) groups is 1. The average molecular weight is 237 g/mol. The first-order chi connectivity index (χ1) is 8.26. The minimum Gasteiger partial charge on any atom is -0.466 e. The summed E-state index contributed by atoms with van der Waals surface area (Å²) < 4.78 is 10.8. The zero-order valence-corrected chi connectivity index (χ0v) is 10.4. The van der Waals surface area contributed by atoms with Crippen molar-refractivity contribution in [1.82, 2.24) is 5.32 Å². The first kappa shape index (κ1) is 12.2. The van der Waals surface area contributed by atoms with Gasteiger partial charge in [-0.1, -0.05) is 6.92 Å². The smallest absolute Gasteiger partial charge is 0.311 e. The fourth-order valence-electron chi connectivity index (χ4n) is 2.26. The monoisotopic (exact) mass is 237 g/mol. The van der Waals surface area contributed by atoms with Gasteiger partial charge in [-0.05, 0) is 19.1 Å². The summed E-state index contributed by atoms with van der Waals surface area (Å²) in [6.45, 7) is 5.77. The van der Waals surface area contributed by atoms with Crippen LogP contribution in [0, 0.1) is 5.92 Å². The van der Waals surface area contributed by atoms with Crippen LogP contribution >= 0.6 is 0 Å². The summed E-state index contributed by atoms with van der Waals surface area (Å²) in [6, 6.07) is 3.96. The fourth-order valence-corrected chi connectivity index (χ4v) is 2.26. The summed E-state index contributed by atoms with van der Waals surface area (Å²) in [7, 11) is 0. The molecule has 2 heterocycles. The van der Waals surface area contributed by atoms with Gasteiger partial charge < -0.3 is 14.5 Å². The highest BCUT2D eigenvalue weighted by Gasteiger charge is 2.36. The number of nitrogens with one attached hydrogen (secondary N) is 1. The van der Waals surface area contributed by atoms with Crippen LogP contribution in [-0.2, 0) is 16.0 Å². The SMILES string of the molecule is CCOC(=O)C1CNCC1c1ccc(CC)o1. The van der Waals surface area contributed by atoms with Gasteiger partial charge in [0.1, 0.15) is 11.5 Å². The Balaban J connectivity index is 2.11. The van der Waals surface area contributed by atoms with E-state index >= 15 is 0 Å². The van der Waals surface area contributed by atoms with Crippen molar-refractivity contribution in [3.05, 3.63) is 23.7 Å². The van der Waals surface area contributed by atoms with Crippen LogP contribution < -0.4 is 5.32 Å². The van der Waals surface area contributed by atoms with Crippen molar-refractivity contribution in [2.75, 3.05) is 19.7 Å². The lowest BCUT2D eigenvalue weighted by atomic mass is 9.94. The Morgan fingerprint density at radius 1 is 1.47 bits per heavy atom. The molecule has 2 unspecified atom stereocenters. The standard InChI is InChI=1S/C13H19NO3/c1-3-9-5-6-12(17-9)10-7-14-8-11(10)13(15)16-4-2/h5-6,10-11,14H,3-4,7-8H2,1-2H3. The van der Waals surface area contributed by atoms with Crippen molar-refractivity contribution < 1.29 is 13.9 Å². The molecule has 1 aliphatic rings. The molecule has 1 N–H and O–H groups in total. The van der Waals surface area contributed by atoms with Gasteiger partial charge >= 0.3 is 5.97 Å². The van der Waals surface area contributed by atoms with Crippen LogP contribution in [-0.4, -0.2) is 25.7 Å². The van der Waals surface area contributed by atoms with E-state index in [1.807, 2.05) is 19.1 Å². The number of carbonyl (C=O) groups excluding carboxylic acids is 1. The molecule has 1 saturated heterocycles. The predicted molar refractivity (Wildman–Crippen MR) is 63.8 cm³/mol. The van der Waals surface area contributed by atoms with Gasteiger partial charge in [-0.3, -0.25) is 4.79 Å². The quantitative estimate of drug-likeness (QED) is 0.810. The largest absolute Gasteiger partial charge is 0.466 e. The van der Waals surface area contributed by atoms with E-state index in [0.29, 0.717) is 13.2 Å². The number of hydrogen-bond donors (Lipinski definition) is 1. The minimum absolute atomic E-state index is 0.106. The molecule has 0 radical (unpaired) electrons. The molecule has 1 fully saturated rings. The van der Waals surface area contributed by atoms with Gasteiger partial charge in [0.05, 0.1) is 12.5 Å². The molecule has 0 spiro atoms. The molecule has 2 atom stereocenters. The zero-order valence-electron chi connectivity index (χ0n) is 10.4. The second kappa shape index (κ2) is 5.36. The summed E-state index contributed by atoms with van der Waals surface area (Å²) in [6.07, 6.45) is 0.879. The van der Waals surface area contributed by atoms with Crippen LogP contribution in [0.1, 0.15) is 31.3 Å². The molecule has 94 valence electrons. The third-order valence-electron chi connectivity index (χ3n) is 3.20. The van der Waals surface area contributed by atoms with Crippen LogP contribution in [0.3, 0.4) is 0 Å². The molecule has 0 aromatic carbocycles. The van der Waals surface area contributed by atoms with Crippen molar-refractivity contribution in [2.45, 2.75) is 26.2 Å². The molecule has 0 bridgehead atoms. The van der Waals surface area contributed by atoms with Gasteiger partial charge in [-0.25, -0.2) is 0 Å². The molecule has 2 rings (SSSR count). The van der Waals surface area contributed by atoms with E-state index in [2.05, 4.69) is 12.2 Å². The highest BCUT2D eigenvalue weighted by molar-refractivity contribution is 5.74. The third-order valence-corrected chi connectivity index (χ3v) is 3.20. The van der Waals surface area contributed by atoms with Crippen LogP contribution in [0.5, 0.6) is 0 Å².